The number of sulfone groups is 1. The van der Waals surface area contributed by atoms with Crippen molar-refractivity contribution in [1.82, 2.24) is 4.98 Å². The maximum atomic E-state index is 11.8. The van der Waals surface area contributed by atoms with Gasteiger partial charge in [0.15, 0.2) is 9.84 Å². The van der Waals surface area contributed by atoms with Crippen molar-refractivity contribution in [3.63, 3.8) is 0 Å². The molecule has 1 aromatic heterocycles. The van der Waals surface area contributed by atoms with Gasteiger partial charge >= 0.3 is 0 Å². The van der Waals surface area contributed by atoms with Gasteiger partial charge in [0, 0.05) is 4.88 Å². The molecule has 92 valence electrons. The summed E-state index contributed by atoms with van der Waals surface area (Å²) in [5, 5.41) is 0.680. The minimum Gasteiger partial charge on any atom is -0.330 e. The number of nitrogens with zero attached hydrogens (tertiary/aromatic N) is 1. The molecular weight excluding hydrogens is 244 g/mol. The Balaban J connectivity index is 2.73. The van der Waals surface area contributed by atoms with Gasteiger partial charge in [-0.15, -0.1) is 11.3 Å². The zero-order chi connectivity index (χ0) is 12.3. The van der Waals surface area contributed by atoms with E-state index in [4.69, 9.17) is 5.73 Å². The lowest BCUT2D eigenvalue weighted by Gasteiger charge is -2.07. The summed E-state index contributed by atoms with van der Waals surface area (Å²) >= 11 is 1.45. The first-order chi connectivity index (χ1) is 7.34. The summed E-state index contributed by atoms with van der Waals surface area (Å²) in [5.74, 6) is 0.185. The Morgan fingerprint density at radius 2 is 2.06 bits per heavy atom. The van der Waals surface area contributed by atoms with Crippen LogP contribution < -0.4 is 5.73 Å². The van der Waals surface area contributed by atoms with Crippen molar-refractivity contribution >= 4 is 21.2 Å². The molecule has 0 fully saturated rings. The van der Waals surface area contributed by atoms with Gasteiger partial charge in [-0.2, -0.15) is 0 Å². The van der Waals surface area contributed by atoms with E-state index in [2.05, 4.69) is 4.98 Å². The second kappa shape index (κ2) is 5.25. The fourth-order valence-electron chi connectivity index (χ4n) is 1.35. The monoisotopic (exact) mass is 262 g/mol. The van der Waals surface area contributed by atoms with Gasteiger partial charge in [-0.25, -0.2) is 13.4 Å². The van der Waals surface area contributed by atoms with Gasteiger partial charge in [-0.3, -0.25) is 0 Å². The van der Waals surface area contributed by atoms with Crippen LogP contribution in [0.3, 0.4) is 0 Å². The Kier molecular flexibility index (Phi) is 4.46. The molecule has 0 radical (unpaired) electrons. The molecule has 0 saturated carbocycles. The van der Waals surface area contributed by atoms with E-state index in [1.165, 1.54) is 11.3 Å². The summed E-state index contributed by atoms with van der Waals surface area (Å²) in [7, 11) is -3.08. The molecule has 0 amide bonds. The Hall–Kier alpha value is -0.460. The highest BCUT2D eigenvalue weighted by molar-refractivity contribution is 7.90. The molecule has 0 saturated heterocycles. The van der Waals surface area contributed by atoms with Crippen molar-refractivity contribution in [2.75, 3.05) is 12.3 Å². The van der Waals surface area contributed by atoms with Crippen LogP contribution in [-0.4, -0.2) is 25.7 Å². The molecule has 0 aromatic carbocycles. The average Bonchev–Trinajstić information content (AvgIpc) is 2.43. The third kappa shape index (κ3) is 3.84. The molecule has 1 unspecified atom stereocenters. The molecule has 6 heteroatoms. The number of hydrogen-bond donors (Lipinski definition) is 1. The summed E-state index contributed by atoms with van der Waals surface area (Å²) in [6.45, 7) is 6.08. The van der Waals surface area contributed by atoms with Gasteiger partial charge in [-0.1, -0.05) is 6.92 Å². The molecule has 1 rings (SSSR count). The molecule has 0 aliphatic carbocycles. The van der Waals surface area contributed by atoms with E-state index in [0.717, 1.165) is 10.6 Å². The summed E-state index contributed by atoms with van der Waals surface area (Å²) in [6.07, 6.45) is 0. The predicted octanol–water partition coefficient (Wildman–Crippen LogP) is 1.27. The summed E-state index contributed by atoms with van der Waals surface area (Å²) in [4.78, 5) is 5.32. The largest absolute Gasteiger partial charge is 0.330 e. The highest BCUT2D eigenvalue weighted by Gasteiger charge is 2.18. The number of nitrogens with two attached hydrogens (primary N) is 1. The van der Waals surface area contributed by atoms with E-state index in [1.807, 2.05) is 20.8 Å². The summed E-state index contributed by atoms with van der Waals surface area (Å²) < 4.78 is 23.6. The molecular formula is C10H18N2O2S2. The lowest BCUT2D eigenvalue weighted by molar-refractivity contribution is 0.573. The molecule has 0 aliphatic heterocycles. The van der Waals surface area contributed by atoms with Crippen LogP contribution in [0.2, 0.25) is 0 Å². The first-order valence-corrected chi connectivity index (χ1v) is 7.81. The lowest BCUT2D eigenvalue weighted by Crippen LogP contribution is -2.22. The van der Waals surface area contributed by atoms with Crippen molar-refractivity contribution in [3.8, 4) is 0 Å². The molecule has 4 nitrogen and oxygen atoms in total. The topological polar surface area (TPSA) is 73.0 Å². The molecule has 0 aliphatic rings. The van der Waals surface area contributed by atoms with Crippen LogP contribution in [0, 0.1) is 19.8 Å². The van der Waals surface area contributed by atoms with Crippen LogP contribution in [-0.2, 0) is 15.6 Å². The van der Waals surface area contributed by atoms with Crippen molar-refractivity contribution < 1.29 is 8.42 Å². The fourth-order valence-corrected chi connectivity index (χ4v) is 4.41. The first-order valence-electron chi connectivity index (χ1n) is 5.17. The van der Waals surface area contributed by atoms with Crippen LogP contribution in [0.5, 0.6) is 0 Å². The molecule has 1 heterocycles. The quantitative estimate of drug-likeness (QED) is 0.867. The minimum atomic E-state index is -3.08. The van der Waals surface area contributed by atoms with Crippen molar-refractivity contribution in [3.05, 3.63) is 15.6 Å². The highest BCUT2D eigenvalue weighted by Crippen LogP contribution is 2.19. The van der Waals surface area contributed by atoms with Gasteiger partial charge in [0.2, 0.25) is 0 Å². The second-order valence-electron chi connectivity index (χ2n) is 4.14. The Morgan fingerprint density at radius 1 is 1.44 bits per heavy atom. The van der Waals surface area contributed by atoms with E-state index in [-0.39, 0.29) is 17.4 Å². The molecule has 0 bridgehead atoms. The molecule has 2 N–H and O–H groups in total. The van der Waals surface area contributed by atoms with Gasteiger partial charge in [0.25, 0.3) is 0 Å². The Labute approximate surface area is 101 Å². The first kappa shape index (κ1) is 13.6. The standard InChI is InChI=1S/C10H18N2O2S2/c1-7(4-11)5-16(13,14)6-10-12-8(2)9(3)15-10/h7H,4-6,11H2,1-3H3. The second-order valence-corrected chi connectivity index (χ2v) is 7.54. The summed E-state index contributed by atoms with van der Waals surface area (Å²) in [6, 6.07) is 0. The number of hydrogen-bond acceptors (Lipinski definition) is 5. The van der Waals surface area contributed by atoms with E-state index >= 15 is 0 Å². The maximum Gasteiger partial charge on any atom is 0.157 e. The van der Waals surface area contributed by atoms with Crippen molar-refractivity contribution in [2.24, 2.45) is 11.7 Å². The smallest absolute Gasteiger partial charge is 0.157 e. The van der Waals surface area contributed by atoms with Crippen molar-refractivity contribution in [2.45, 2.75) is 26.5 Å². The van der Waals surface area contributed by atoms with Crippen LogP contribution in [0.4, 0.5) is 0 Å². The fraction of sp³-hybridized carbons (Fsp3) is 0.700. The van der Waals surface area contributed by atoms with E-state index in [0.29, 0.717) is 11.6 Å². The van der Waals surface area contributed by atoms with Gasteiger partial charge in [0.05, 0.1) is 11.4 Å². The molecule has 1 aromatic rings. The number of aromatic nitrogens is 1. The molecule has 1 atom stereocenters. The van der Waals surface area contributed by atoms with E-state index in [1.54, 1.807) is 0 Å². The Morgan fingerprint density at radius 3 is 2.50 bits per heavy atom. The third-order valence-electron chi connectivity index (χ3n) is 2.36. The van der Waals surface area contributed by atoms with E-state index < -0.39 is 9.84 Å². The number of aryl methyl sites for hydroxylation is 2. The predicted molar refractivity (Wildman–Crippen MR) is 67.3 cm³/mol. The summed E-state index contributed by atoms with van der Waals surface area (Å²) in [5.41, 5.74) is 6.34. The van der Waals surface area contributed by atoms with Crippen LogP contribution in [0.25, 0.3) is 0 Å². The zero-order valence-corrected chi connectivity index (χ0v) is 11.5. The highest BCUT2D eigenvalue weighted by atomic mass is 32.2. The maximum absolute atomic E-state index is 11.8. The van der Waals surface area contributed by atoms with Crippen LogP contribution in [0.15, 0.2) is 0 Å². The van der Waals surface area contributed by atoms with Crippen LogP contribution in [0.1, 0.15) is 22.5 Å². The normalized spacial score (nSPS) is 14.0. The van der Waals surface area contributed by atoms with Crippen molar-refractivity contribution in [1.29, 1.82) is 0 Å². The lowest BCUT2D eigenvalue weighted by atomic mass is 10.2. The number of thiazole rings is 1. The third-order valence-corrected chi connectivity index (χ3v) is 5.40. The van der Waals surface area contributed by atoms with Gasteiger partial charge in [-0.05, 0) is 26.3 Å². The molecule has 16 heavy (non-hydrogen) atoms. The Bertz CT molecular complexity index is 432. The zero-order valence-electron chi connectivity index (χ0n) is 9.86. The SMILES string of the molecule is Cc1nc(CS(=O)(=O)CC(C)CN)sc1C. The van der Waals surface area contributed by atoms with Crippen LogP contribution >= 0.6 is 11.3 Å². The van der Waals surface area contributed by atoms with E-state index in [9.17, 15) is 8.42 Å². The van der Waals surface area contributed by atoms with Gasteiger partial charge < -0.3 is 5.73 Å². The molecule has 0 spiro atoms. The average molecular weight is 262 g/mol. The minimum absolute atomic E-state index is 0.00663. The number of rotatable bonds is 5. The van der Waals surface area contributed by atoms with Gasteiger partial charge in [0.1, 0.15) is 10.8 Å².